The topological polar surface area (TPSA) is 23.5 Å². The molecule has 0 radical (unpaired) electrons. The Morgan fingerprint density at radius 2 is 1.90 bits per heavy atom. The van der Waals surface area contributed by atoms with Gasteiger partial charge in [-0.15, -0.1) is 0 Å². The molecule has 2 aromatic carbocycles. The van der Waals surface area contributed by atoms with E-state index in [4.69, 9.17) is 0 Å². The minimum absolute atomic E-state index is 0.333. The first-order valence-corrected chi connectivity index (χ1v) is 7.70. The second-order valence-electron chi connectivity index (χ2n) is 5.43. The van der Waals surface area contributed by atoms with Crippen molar-refractivity contribution in [2.24, 2.45) is 0 Å². The SMILES string of the molecule is CN1CCc2cc(Br)c(O)cc2C[C@H]1c1ccccc1. The summed E-state index contributed by atoms with van der Waals surface area (Å²) < 4.78 is 0.789. The zero-order chi connectivity index (χ0) is 14.1. The van der Waals surface area contributed by atoms with Gasteiger partial charge < -0.3 is 5.11 Å². The van der Waals surface area contributed by atoms with Crippen molar-refractivity contribution in [1.82, 2.24) is 4.90 Å². The van der Waals surface area contributed by atoms with E-state index in [1.807, 2.05) is 6.07 Å². The third-order valence-electron chi connectivity index (χ3n) is 4.13. The smallest absolute Gasteiger partial charge is 0.130 e. The number of phenolic OH excluding ortho intramolecular Hbond substituents is 1. The fraction of sp³-hybridized carbons (Fsp3) is 0.294. The van der Waals surface area contributed by atoms with Crippen molar-refractivity contribution in [3.05, 3.63) is 63.6 Å². The van der Waals surface area contributed by atoms with E-state index < -0.39 is 0 Å². The number of likely N-dealkylation sites (N-methyl/N-ethyl adjacent to an activating group) is 1. The van der Waals surface area contributed by atoms with E-state index in [9.17, 15) is 5.11 Å². The summed E-state index contributed by atoms with van der Waals surface area (Å²) >= 11 is 3.41. The van der Waals surface area contributed by atoms with Crippen LogP contribution in [0.25, 0.3) is 0 Å². The van der Waals surface area contributed by atoms with Crippen LogP contribution in [0.5, 0.6) is 5.75 Å². The highest BCUT2D eigenvalue weighted by atomic mass is 79.9. The lowest BCUT2D eigenvalue weighted by Crippen LogP contribution is -2.26. The summed E-state index contributed by atoms with van der Waals surface area (Å²) in [5, 5.41) is 9.93. The molecule has 1 heterocycles. The number of nitrogens with zero attached hydrogens (tertiary/aromatic N) is 1. The molecule has 0 unspecified atom stereocenters. The Hall–Kier alpha value is -1.32. The van der Waals surface area contributed by atoms with Gasteiger partial charge in [-0.2, -0.15) is 0 Å². The summed E-state index contributed by atoms with van der Waals surface area (Å²) in [6.45, 7) is 1.03. The Morgan fingerprint density at radius 3 is 2.65 bits per heavy atom. The molecule has 0 spiro atoms. The Bertz CT molecular complexity index is 612. The van der Waals surface area contributed by atoms with Gasteiger partial charge in [-0.05, 0) is 64.6 Å². The van der Waals surface area contributed by atoms with Crippen LogP contribution in [0.3, 0.4) is 0 Å². The van der Waals surface area contributed by atoms with Gasteiger partial charge in [0.25, 0.3) is 0 Å². The standard InChI is InChI=1S/C17H18BrNO/c1-19-8-7-13-9-15(18)17(20)11-14(13)10-16(19)12-5-3-2-4-6-12/h2-6,9,11,16,20H,7-8,10H2,1H3/t16-/m0/s1. The lowest BCUT2D eigenvalue weighted by atomic mass is 9.96. The summed E-state index contributed by atoms with van der Waals surface area (Å²) in [6, 6.07) is 15.0. The number of hydrogen-bond donors (Lipinski definition) is 1. The van der Waals surface area contributed by atoms with Crippen LogP contribution >= 0.6 is 15.9 Å². The number of benzene rings is 2. The second kappa shape index (κ2) is 5.58. The molecule has 1 atom stereocenters. The highest BCUT2D eigenvalue weighted by Crippen LogP contribution is 2.34. The molecule has 0 bridgehead atoms. The minimum atomic E-state index is 0.333. The molecule has 0 aromatic heterocycles. The van der Waals surface area contributed by atoms with Crippen molar-refractivity contribution in [3.8, 4) is 5.75 Å². The molecular weight excluding hydrogens is 314 g/mol. The molecule has 20 heavy (non-hydrogen) atoms. The van der Waals surface area contributed by atoms with Gasteiger partial charge in [0.05, 0.1) is 4.47 Å². The molecule has 0 fully saturated rings. The number of rotatable bonds is 1. The second-order valence-corrected chi connectivity index (χ2v) is 6.29. The van der Waals surface area contributed by atoms with E-state index in [1.165, 1.54) is 16.7 Å². The number of hydrogen-bond acceptors (Lipinski definition) is 2. The van der Waals surface area contributed by atoms with Gasteiger partial charge in [-0.1, -0.05) is 30.3 Å². The third kappa shape index (κ3) is 2.60. The molecule has 0 saturated heterocycles. The monoisotopic (exact) mass is 331 g/mol. The van der Waals surface area contributed by atoms with Gasteiger partial charge in [-0.3, -0.25) is 4.90 Å². The molecule has 0 amide bonds. The first-order valence-electron chi connectivity index (χ1n) is 6.90. The van der Waals surface area contributed by atoms with Crippen LogP contribution in [-0.4, -0.2) is 23.6 Å². The zero-order valence-electron chi connectivity index (χ0n) is 11.5. The van der Waals surface area contributed by atoms with E-state index in [1.54, 1.807) is 0 Å². The Balaban J connectivity index is 1.99. The lowest BCUT2D eigenvalue weighted by molar-refractivity contribution is 0.254. The molecule has 0 saturated carbocycles. The molecule has 1 aliphatic rings. The maximum atomic E-state index is 9.93. The predicted molar refractivity (Wildman–Crippen MR) is 85.0 cm³/mol. The van der Waals surface area contributed by atoms with E-state index in [0.29, 0.717) is 11.8 Å². The van der Waals surface area contributed by atoms with Crippen molar-refractivity contribution >= 4 is 15.9 Å². The number of phenols is 1. The van der Waals surface area contributed by atoms with Crippen molar-refractivity contribution < 1.29 is 5.11 Å². The summed E-state index contributed by atoms with van der Waals surface area (Å²) in [5.74, 6) is 0.333. The van der Waals surface area contributed by atoms with Crippen LogP contribution in [0.2, 0.25) is 0 Å². The number of aromatic hydroxyl groups is 1. The molecular formula is C17H18BrNO. The molecule has 2 aromatic rings. The molecule has 3 rings (SSSR count). The fourth-order valence-electron chi connectivity index (χ4n) is 2.93. The highest BCUT2D eigenvalue weighted by Gasteiger charge is 2.23. The molecule has 104 valence electrons. The lowest BCUT2D eigenvalue weighted by Gasteiger charge is -2.26. The van der Waals surface area contributed by atoms with Crippen molar-refractivity contribution in [2.75, 3.05) is 13.6 Å². The quantitative estimate of drug-likeness (QED) is 0.855. The van der Waals surface area contributed by atoms with Gasteiger partial charge in [-0.25, -0.2) is 0 Å². The van der Waals surface area contributed by atoms with E-state index in [-0.39, 0.29) is 0 Å². The van der Waals surface area contributed by atoms with Crippen LogP contribution in [0.4, 0.5) is 0 Å². The van der Waals surface area contributed by atoms with Gasteiger partial charge >= 0.3 is 0 Å². The Kier molecular flexibility index (Phi) is 3.81. The third-order valence-corrected chi connectivity index (χ3v) is 4.77. The van der Waals surface area contributed by atoms with Crippen molar-refractivity contribution in [3.63, 3.8) is 0 Å². The van der Waals surface area contributed by atoms with E-state index in [2.05, 4.69) is 64.3 Å². The van der Waals surface area contributed by atoms with E-state index >= 15 is 0 Å². The molecule has 3 heteroatoms. The van der Waals surface area contributed by atoms with Crippen LogP contribution in [-0.2, 0) is 12.8 Å². The van der Waals surface area contributed by atoms with Crippen LogP contribution in [0, 0.1) is 0 Å². The highest BCUT2D eigenvalue weighted by molar-refractivity contribution is 9.10. The van der Waals surface area contributed by atoms with Gasteiger partial charge in [0.1, 0.15) is 5.75 Å². The maximum absolute atomic E-state index is 9.93. The average molecular weight is 332 g/mol. The largest absolute Gasteiger partial charge is 0.507 e. The molecule has 0 aliphatic carbocycles. The normalized spacial score (nSPS) is 19.4. The first-order chi connectivity index (χ1) is 9.65. The molecule has 2 nitrogen and oxygen atoms in total. The summed E-state index contributed by atoms with van der Waals surface area (Å²) in [6.07, 6.45) is 1.96. The summed E-state index contributed by atoms with van der Waals surface area (Å²) in [7, 11) is 2.18. The Labute approximate surface area is 128 Å². The molecule has 1 N–H and O–H groups in total. The number of halogens is 1. The van der Waals surface area contributed by atoms with Gasteiger partial charge in [0, 0.05) is 12.6 Å². The average Bonchev–Trinajstić information content (AvgIpc) is 2.61. The Morgan fingerprint density at radius 1 is 1.15 bits per heavy atom. The summed E-state index contributed by atoms with van der Waals surface area (Å²) in [4.78, 5) is 2.40. The van der Waals surface area contributed by atoms with Crippen LogP contribution in [0.1, 0.15) is 22.7 Å². The van der Waals surface area contributed by atoms with E-state index in [0.717, 1.165) is 23.9 Å². The van der Waals surface area contributed by atoms with Crippen LogP contribution in [0.15, 0.2) is 46.9 Å². The zero-order valence-corrected chi connectivity index (χ0v) is 13.1. The fourth-order valence-corrected chi connectivity index (χ4v) is 3.32. The van der Waals surface area contributed by atoms with Crippen molar-refractivity contribution in [1.29, 1.82) is 0 Å². The van der Waals surface area contributed by atoms with Crippen LogP contribution < -0.4 is 0 Å². The minimum Gasteiger partial charge on any atom is -0.507 e. The predicted octanol–water partition coefficient (Wildman–Crippen LogP) is 3.93. The van der Waals surface area contributed by atoms with Crippen molar-refractivity contribution in [2.45, 2.75) is 18.9 Å². The maximum Gasteiger partial charge on any atom is 0.130 e. The van der Waals surface area contributed by atoms with Gasteiger partial charge in [0.2, 0.25) is 0 Å². The number of fused-ring (bicyclic) bond motifs is 1. The molecule has 1 aliphatic heterocycles. The first kappa shape index (κ1) is 13.7. The van der Waals surface area contributed by atoms with Gasteiger partial charge in [0.15, 0.2) is 0 Å². The summed E-state index contributed by atoms with van der Waals surface area (Å²) in [5.41, 5.74) is 3.93.